The van der Waals surface area contributed by atoms with Gasteiger partial charge in [-0.2, -0.15) is 0 Å². The lowest BCUT2D eigenvalue weighted by Crippen LogP contribution is -2.21. The molecule has 0 unspecified atom stereocenters. The third kappa shape index (κ3) is 5.04. The molecule has 0 heterocycles. The van der Waals surface area contributed by atoms with Gasteiger partial charge in [0.2, 0.25) is 0 Å². The molecule has 23 heavy (non-hydrogen) atoms. The molecule has 0 saturated carbocycles. The number of halogens is 2. The molecule has 1 amide bonds. The summed E-state index contributed by atoms with van der Waals surface area (Å²) in [5.74, 6) is -0.847. The first-order valence-electron chi connectivity index (χ1n) is 6.43. The Morgan fingerprint density at radius 3 is 2.48 bits per heavy atom. The molecule has 5 nitrogen and oxygen atoms in total. The minimum Gasteiger partial charge on any atom is -0.484 e. The van der Waals surface area contributed by atoms with Crippen molar-refractivity contribution >= 4 is 37.4 Å². The van der Waals surface area contributed by atoms with Crippen LogP contribution in [0.5, 0.6) is 5.75 Å². The average Bonchev–Trinajstić information content (AvgIpc) is 2.48. The summed E-state index contributed by atoms with van der Waals surface area (Å²) in [6, 6.07) is 10.0. The van der Waals surface area contributed by atoms with Gasteiger partial charge in [-0.25, -0.2) is 12.8 Å². The van der Waals surface area contributed by atoms with Crippen molar-refractivity contribution in [3.8, 4) is 5.75 Å². The highest BCUT2D eigenvalue weighted by Crippen LogP contribution is 2.20. The Balaban J connectivity index is 2.04. The summed E-state index contributed by atoms with van der Waals surface area (Å²) >= 11 is 3.27. The van der Waals surface area contributed by atoms with Crippen LogP contribution in [0.1, 0.15) is 0 Å². The van der Waals surface area contributed by atoms with Gasteiger partial charge in [-0.15, -0.1) is 0 Å². The smallest absolute Gasteiger partial charge is 0.262 e. The maximum absolute atomic E-state index is 13.7. The molecular formula is C15H13BrFNO4S. The van der Waals surface area contributed by atoms with Crippen molar-refractivity contribution in [2.24, 2.45) is 0 Å². The van der Waals surface area contributed by atoms with E-state index in [1.807, 2.05) is 0 Å². The van der Waals surface area contributed by atoms with Crippen LogP contribution in [0.25, 0.3) is 0 Å². The van der Waals surface area contributed by atoms with Gasteiger partial charge in [0, 0.05) is 10.7 Å². The third-order valence-corrected chi connectivity index (χ3v) is 4.46. The lowest BCUT2D eigenvalue weighted by atomic mass is 10.3. The fraction of sp³-hybridized carbons (Fsp3) is 0.133. The monoisotopic (exact) mass is 401 g/mol. The average molecular weight is 402 g/mol. The summed E-state index contributed by atoms with van der Waals surface area (Å²) in [7, 11) is -3.49. The van der Waals surface area contributed by atoms with E-state index in [2.05, 4.69) is 21.2 Å². The van der Waals surface area contributed by atoms with Gasteiger partial charge in [0.15, 0.2) is 16.4 Å². The van der Waals surface area contributed by atoms with Crippen LogP contribution in [0.4, 0.5) is 10.1 Å². The van der Waals surface area contributed by atoms with Crippen molar-refractivity contribution < 1.29 is 22.3 Å². The number of anilines is 1. The number of rotatable bonds is 5. The standard InChI is InChI=1S/C15H13BrFNO4S/c1-23(20,21)12-6-7-13(17)14(8-12)18-15(19)9-22-11-4-2-10(16)3-5-11/h2-8H,9H2,1H3,(H,18,19). The van der Waals surface area contributed by atoms with E-state index in [0.717, 1.165) is 28.9 Å². The molecule has 0 atom stereocenters. The first-order valence-corrected chi connectivity index (χ1v) is 9.12. The van der Waals surface area contributed by atoms with Gasteiger partial charge in [0.25, 0.3) is 5.91 Å². The molecule has 0 aliphatic rings. The summed E-state index contributed by atoms with van der Waals surface area (Å²) in [5, 5.41) is 2.29. The maximum Gasteiger partial charge on any atom is 0.262 e. The molecule has 122 valence electrons. The van der Waals surface area contributed by atoms with E-state index in [4.69, 9.17) is 4.74 Å². The van der Waals surface area contributed by atoms with E-state index in [1.165, 1.54) is 0 Å². The zero-order valence-corrected chi connectivity index (χ0v) is 14.4. The predicted molar refractivity (Wildman–Crippen MR) is 87.8 cm³/mol. The summed E-state index contributed by atoms with van der Waals surface area (Å²) in [5.41, 5.74) is -0.211. The normalized spacial score (nSPS) is 11.1. The van der Waals surface area contributed by atoms with Gasteiger partial charge in [0.1, 0.15) is 11.6 Å². The summed E-state index contributed by atoms with van der Waals surface area (Å²) in [6.45, 7) is -0.329. The van der Waals surface area contributed by atoms with Crippen molar-refractivity contribution in [1.82, 2.24) is 0 Å². The van der Waals surface area contributed by atoms with Crippen molar-refractivity contribution in [2.75, 3.05) is 18.2 Å². The van der Waals surface area contributed by atoms with Crippen LogP contribution in [0.15, 0.2) is 51.8 Å². The van der Waals surface area contributed by atoms with Crippen molar-refractivity contribution in [2.45, 2.75) is 4.90 Å². The van der Waals surface area contributed by atoms with Crippen LogP contribution in [-0.2, 0) is 14.6 Å². The molecule has 2 rings (SSSR count). The van der Waals surface area contributed by atoms with Crippen LogP contribution in [-0.4, -0.2) is 27.2 Å². The van der Waals surface area contributed by atoms with E-state index < -0.39 is 21.6 Å². The highest BCUT2D eigenvalue weighted by Gasteiger charge is 2.13. The van der Waals surface area contributed by atoms with Crippen molar-refractivity contribution in [3.05, 3.63) is 52.8 Å². The van der Waals surface area contributed by atoms with E-state index in [0.29, 0.717) is 5.75 Å². The molecule has 8 heteroatoms. The molecule has 0 spiro atoms. The lowest BCUT2D eigenvalue weighted by molar-refractivity contribution is -0.118. The minimum absolute atomic E-state index is 0.0805. The Morgan fingerprint density at radius 1 is 1.22 bits per heavy atom. The first kappa shape index (κ1) is 17.4. The molecule has 0 aliphatic carbocycles. The molecule has 0 aliphatic heterocycles. The molecule has 2 aromatic rings. The molecule has 2 aromatic carbocycles. The Hall–Kier alpha value is -1.93. The number of nitrogens with one attached hydrogen (secondary N) is 1. The second-order valence-corrected chi connectivity index (χ2v) is 7.64. The Kier molecular flexibility index (Phi) is 5.38. The summed E-state index contributed by atoms with van der Waals surface area (Å²) < 4.78 is 42.7. The van der Waals surface area contributed by atoms with Gasteiger partial charge < -0.3 is 10.1 Å². The molecular weight excluding hydrogens is 389 g/mol. The first-order chi connectivity index (χ1) is 10.8. The van der Waals surface area contributed by atoms with Gasteiger partial charge >= 0.3 is 0 Å². The number of carbonyl (C=O) groups is 1. The molecule has 0 aromatic heterocycles. The number of amides is 1. The van der Waals surface area contributed by atoms with E-state index >= 15 is 0 Å². The second kappa shape index (κ2) is 7.10. The SMILES string of the molecule is CS(=O)(=O)c1ccc(F)c(NC(=O)COc2ccc(Br)cc2)c1. The predicted octanol–water partition coefficient (Wildman–Crippen LogP) is 3.01. The third-order valence-electron chi connectivity index (χ3n) is 2.82. The summed E-state index contributed by atoms with van der Waals surface area (Å²) in [6.07, 6.45) is 1.00. The number of carbonyl (C=O) groups excluding carboxylic acids is 1. The van der Waals surface area contributed by atoms with E-state index in [-0.39, 0.29) is 17.2 Å². The quantitative estimate of drug-likeness (QED) is 0.781. The largest absolute Gasteiger partial charge is 0.484 e. The number of hydrogen-bond donors (Lipinski definition) is 1. The number of hydrogen-bond acceptors (Lipinski definition) is 4. The Labute approximate surface area is 141 Å². The highest BCUT2D eigenvalue weighted by molar-refractivity contribution is 9.10. The van der Waals surface area contributed by atoms with Crippen LogP contribution in [0.3, 0.4) is 0 Å². The Morgan fingerprint density at radius 2 is 1.87 bits per heavy atom. The Bertz CT molecular complexity index is 822. The van der Waals surface area contributed by atoms with E-state index in [9.17, 15) is 17.6 Å². The molecule has 1 N–H and O–H groups in total. The van der Waals surface area contributed by atoms with Gasteiger partial charge in [-0.1, -0.05) is 15.9 Å². The maximum atomic E-state index is 13.7. The topological polar surface area (TPSA) is 72.5 Å². The number of ether oxygens (including phenoxy) is 1. The highest BCUT2D eigenvalue weighted by atomic mass is 79.9. The minimum atomic E-state index is -3.49. The number of benzene rings is 2. The van der Waals surface area contributed by atoms with Gasteiger partial charge in [-0.05, 0) is 42.5 Å². The van der Waals surface area contributed by atoms with Crippen LogP contribution in [0, 0.1) is 5.82 Å². The van der Waals surface area contributed by atoms with Crippen LogP contribution < -0.4 is 10.1 Å². The number of sulfone groups is 1. The fourth-order valence-electron chi connectivity index (χ4n) is 1.70. The lowest BCUT2D eigenvalue weighted by Gasteiger charge is -2.09. The van der Waals surface area contributed by atoms with Gasteiger partial charge in [-0.3, -0.25) is 4.79 Å². The van der Waals surface area contributed by atoms with Crippen LogP contribution >= 0.6 is 15.9 Å². The van der Waals surface area contributed by atoms with Gasteiger partial charge in [0.05, 0.1) is 10.6 Å². The molecule has 0 fully saturated rings. The zero-order valence-electron chi connectivity index (χ0n) is 12.0. The molecule has 0 saturated heterocycles. The zero-order chi connectivity index (χ0) is 17.0. The molecule has 0 radical (unpaired) electrons. The van der Waals surface area contributed by atoms with Crippen molar-refractivity contribution in [1.29, 1.82) is 0 Å². The molecule has 0 bridgehead atoms. The fourth-order valence-corrected chi connectivity index (χ4v) is 2.61. The summed E-state index contributed by atoms with van der Waals surface area (Å²) in [4.78, 5) is 11.7. The second-order valence-electron chi connectivity index (χ2n) is 4.70. The van der Waals surface area contributed by atoms with Crippen LogP contribution in [0.2, 0.25) is 0 Å². The van der Waals surface area contributed by atoms with E-state index in [1.54, 1.807) is 24.3 Å². The van der Waals surface area contributed by atoms with Crippen molar-refractivity contribution in [3.63, 3.8) is 0 Å².